The third kappa shape index (κ3) is 6.37. The highest BCUT2D eigenvalue weighted by atomic mass is 28.3. The lowest BCUT2D eigenvalue weighted by Crippen LogP contribution is -2.44. The number of methoxy groups -OCH3 is 1. The van der Waals surface area contributed by atoms with Gasteiger partial charge in [0.2, 0.25) is 5.91 Å². The number of rotatable bonds is 10. The van der Waals surface area contributed by atoms with Crippen LogP contribution in [0.4, 0.5) is 8.78 Å². The molecule has 6 nitrogen and oxygen atoms in total. The maximum Gasteiger partial charge on any atom is 0.303 e. The van der Waals surface area contributed by atoms with Crippen molar-refractivity contribution in [1.29, 1.82) is 0 Å². The van der Waals surface area contributed by atoms with E-state index in [4.69, 9.17) is 9.84 Å². The molecular formula is C27H33F2NO5Si. The van der Waals surface area contributed by atoms with Crippen LogP contribution in [0.1, 0.15) is 48.4 Å². The van der Waals surface area contributed by atoms with E-state index in [9.17, 15) is 23.2 Å². The summed E-state index contributed by atoms with van der Waals surface area (Å²) in [5.74, 6) is -2.14. The number of amides is 1. The van der Waals surface area contributed by atoms with Crippen molar-refractivity contribution in [2.75, 3.05) is 13.7 Å². The maximum absolute atomic E-state index is 14.8. The molecule has 1 amide bonds. The van der Waals surface area contributed by atoms with E-state index >= 15 is 0 Å². The predicted molar refractivity (Wildman–Crippen MR) is 135 cm³/mol. The summed E-state index contributed by atoms with van der Waals surface area (Å²) in [7, 11) is -0.711. The second-order valence-corrected chi connectivity index (χ2v) is 15.2. The molecule has 36 heavy (non-hydrogen) atoms. The number of aliphatic carboxylic acids is 1. The van der Waals surface area contributed by atoms with Crippen LogP contribution in [-0.2, 0) is 27.2 Å². The van der Waals surface area contributed by atoms with E-state index in [1.165, 1.54) is 17.0 Å². The topological polar surface area (TPSA) is 83.9 Å². The third-order valence-corrected chi connectivity index (χ3v) is 8.44. The number of unbranched alkanes of at least 4 members (excludes halogenated alkanes) is 1. The Balaban J connectivity index is 1.90. The Morgan fingerprint density at radius 2 is 1.69 bits per heavy atom. The van der Waals surface area contributed by atoms with Gasteiger partial charge in [-0.15, -0.1) is 0 Å². The lowest BCUT2D eigenvalue weighted by Gasteiger charge is -2.37. The van der Waals surface area contributed by atoms with Crippen LogP contribution in [0.2, 0.25) is 19.6 Å². The number of carboxylic acids is 1. The number of halogens is 2. The number of fused-ring (bicyclic) bond motifs is 1. The van der Waals surface area contributed by atoms with E-state index in [2.05, 4.69) is 0 Å². The van der Waals surface area contributed by atoms with Crippen LogP contribution in [0.5, 0.6) is 5.75 Å². The van der Waals surface area contributed by atoms with Crippen molar-refractivity contribution in [2.45, 2.75) is 64.2 Å². The number of ketones is 1. The Bertz CT molecular complexity index is 1140. The largest absolute Gasteiger partial charge is 0.497 e. The Morgan fingerprint density at radius 3 is 2.28 bits per heavy atom. The summed E-state index contributed by atoms with van der Waals surface area (Å²) in [6, 6.07) is 6.88. The fourth-order valence-electron chi connectivity index (χ4n) is 4.78. The Morgan fingerprint density at radius 1 is 1.06 bits per heavy atom. The van der Waals surface area contributed by atoms with Crippen LogP contribution < -0.4 is 9.92 Å². The average molecular weight is 518 g/mol. The number of carbonyl (C=O) groups excluding carboxylic acids is 2. The smallest absolute Gasteiger partial charge is 0.303 e. The first kappa shape index (κ1) is 27.5. The highest BCUT2D eigenvalue weighted by Crippen LogP contribution is 2.34. The van der Waals surface area contributed by atoms with Crippen molar-refractivity contribution in [2.24, 2.45) is 0 Å². The Hall–Kier alpha value is -3.07. The fourth-order valence-corrected chi connectivity index (χ4v) is 6.36. The summed E-state index contributed by atoms with van der Waals surface area (Å²) in [5, 5.41) is 8.94. The van der Waals surface area contributed by atoms with Crippen LogP contribution in [-0.4, -0.2) is 49.4 Å². The first-order valence-corrected chi connectivity index (χ1v) is 15.6. The minimum Gasteiger partial charge on any atom is -0.497 e. The quantitative estimate of drug-likeness (QED) is 0.373. The van der Waals surface area contributed by atoms with E-state index < -0.39 is 31.7 Å². The number of hydrogen-bond donors (Lipinski definition) is 1. The molecule has 1 atom stereocenters. The van der Waals surface area contributed by atoms with Gasteiger partial charge in [0.1, 0.15) is 23.4 Å². The van der Waals surface area contributed by atoms with Gasteiger partial charge in [-0.25, -0.2) is 8.78 Å². The number of nitrogens with zero attached hydrogens (tertiary/aromatic N) is 1. The van der Waals surface area contributed by atoms with E-state index in [-0.39, 0.29) is 41.7 Å². The molecule has 0 saturated carbocycles. The summed E-state index contributed by atoms with van der Waals surface area (Å²) in [4.78, 5) is 39.0. The molecule has 2 aromatic rings. The molecule has 1 aliphatic heterocycles. The molecule has 0 aromatic heterocycles. The molecular weight excluding hydrogens is 484 g/mol. The van der Waals surface area contributed by atoms with Gasteiger partial charge in [0.15, 0.2) is 5.78 Å². The highest BCUT2D eigenvalue weighted by Gasteiger charge is 2.36. The number of carboxylic acid groups (broad SMARTS) is 1. The molecule has 0 bridgehead atoms. The molecule has 0 aliphatic carbocycles. The van der Waals surface area contributed by atoms with Gasteiger partial charge in [0.05, 0.1) is 15.2 Å². The van der Waals surface area contributed by atoms with Gasteiger partial charge in [-0.3, -0.25) is 14.4 Å². The van der Waals surface area contributed by atoms with Gasteiger partial charge in [0, 0.05) is 31.0 Å². The number of Topliss-reactive ketones (excluding diaryl/α,β-unsaturated/α-hetero) is 1. The zero-order valence-electron chi connectivity index (χ0n) is 21.2. The first-order chi connectivity index (χ1) is 16.9. The molecule has 3 rings (SSSR count). The normalized spacial score (nSPS) is 15.4. The summed E-state index contributed by atoms with van der Waals surface area (Å²) >= 11 is 0. The minimum atomic E-state index is -2.26. The van der Waals surface area contributed by atoms with Crippen molar-refractivity contribution < 1.29 is 33.0 Å². The van der Waals surface area contributed by atoms with Crippen LogP contribution in [0, 0.1) is 11.6 Å². The number of hydrogen-bond acceptors (Lipinski definition) is 4. The molecule has 0 spiro atoms. The molecule has 0 fully saturated rings. The van der Waals surface area contributed by atoms with Crippen molar-refractivity contribution in [3.05, 3.63) is 58.7 Å². The summed E-state index contributed by atoms with van der Waals surface area (Å²) in [6.45, 7) is 5.87. The minimum absolute atomic E-state index is 0.0250. The maximum atomic E-state index is 14.8. The number of carbonyl (C=O) groups is 3. The monoisotopic (exact) mass is 517 g/mol. The van der Waals surface area contributed by atoms with E-state index in [1.807, 2.05) is 25.7 Å². The molecule has 9 heteroatoms. The summed E-state index contributed by atoms with van der Waals surface area (Å²) in [5.41, 5.74) is 1.78. The SMILES string of the molecule is COc1ccc2c(c1)CCN(C(=O)CCCCC(=O)O)[C@H]2C(=O)Cc1cc(F)c([Si](C)(C)C)c(F)c1. The van der Waals surface area contributed by atoms with Crippen LogP contribution in [0.15, 0.2) is 30.3 Å². The molecule has 1 heterocycles. The lowest BCUT2D eigenvalue weighted by molar-refractivity contribution is -0.140. The Labute approximate surface area is 211 Å². The van der Waals surface area contributed by atoms with Gasteiger partial charge in [0.25, 0.3) is 0 Å². The van der Waals surface area contributed by atoms with E-state index in [0.29, 0.717) is 37.1 Å². The van der Waals surface area contributed by atoms with E-state index in [0.717, 1.165) is 5.56 Å². The van der Waals surface area contributed by atoms with Crippen LogP contribution >= 0.6 is 0 Å². The number of benzene rings is 2. The summed E-state index contributed by atoms with van der Waals surface area (Å²) < 4.78 is 34.9. The second-order valence-electron chi connectivity index (χ2n) is 10.2. The predicted octanol–water partition coefficient (Wildman–Crippen LogP) is 4.40. The van der Waals surface area contributed by atoms with Crippen LogP contribution in [0.25, 0.3) is 0 Å². The summed E-state index contributed by atoms with van der Waals surface area (Å²) in [6.07, 6.45) is 1.17. The first-order valence-electron chi connectivity index (χ1n) is 12.1. The van der Waals surface area contributed by atoms with E-state index in [1.54, 1.807) is 19.2 Å². The fraction of sp³-hybridized carbons (Fsp3) is 0.444. The van der Waals surface area contributed by atoms with Gasteiger partial charge >= 0.3 is 5.97 Å². The van der Waals surface area contributed by atoms with Crippen LogP contribution in [0.3, 0.4) is 0 Å². The zero-order valence-corrected chi connectivity index (χ0v) is 22.2. The van der Waals surface area contributed by atoms with Gasteiger partial charge in [-0.05, 0) is 60.2 Å². The molecule has 194 valence electrons. The molecule has 0 radical (unpaired) electrons. The van der Waals surface area contributed by atoms with Gasteiger partial charge in [-0.1, -0.05) is 25.7 Å². The zero-order chi connectivity index (χ0) is 26.6. The van der Waals surface area contributed by atoms with Crippen molar-refractivity contribution in [1.82, 2.24) is 4.90 Å². The second kappa shape index (κ2) is 11.3. The van der Waals surface area contributed by atoms with Crippen molar-refractivity contribution in [3.8, 4) is 5.75 Å². The highest BCUT2D eigenvalue weighted by molar-refractivity contribution is 6.88. The molecule has 0 unspecified atom stereocenters. The van der Waals surface area contributed by atoms with Gasteiger partial charge in [-0.2, -0.15) is 0 Å². The Kier molecular flexibility index (Phi) is 8.66. The molecule has 2 aromatic carbocycles. The molecule has 0 saturated heterocycles. The van der Waals surface area contributed by atoms with Crippen molar-refractivity contribution in [3.63, 3.8) is 0 Å². The molecule has 1 N–H and O–H groups in total. The number of ether oxygens (including phenoxy) is 1. The standard InChI is InChI=1S/C27H33F2NO5Si/c1-35-19-9-10-20-18(16-19)11-12-30(24(32)7-5-6-8-25(33)34)26(20)23(31)15-17-13-21(28)27(22(29)14-17)36(2,3)4/h9-10,13-14,16,26H,5-8,11-12,15H2,1-4H3,(H,33,34)/t26-/m1/s1. The third-order valence-electron chi connectivity index (χ3n) is 6.47. The average Bonchev–Trinajstić information content (AvgIpc) is 2.78. The van der Waals surface area contributed by atoms with Gasteiger partial charge < -0.3 is 14.7 Å². The molecule has 1 aliphatic rings. The lowest BCUT2D eigenvalue weighted by atomic mass is 9.87. The van der Waals surface area contributed by atoms with Crippen molar-refractivity contribution >= 4 is 30.9 Å².